The second-order valence-electron chi connectivity index (χ2n) is 16.8. The summed E-state index contributed by atoms with van der Waals surface area (Å²) in [6, 6.07) is 84.1. The number of hydrogen-bond donors (Lipinski definition) is 0. The highest BCUT2D eigenvalue weighted by molar-refractivity contribution is 6.18. The van der Waals surface area contributed by atoms with Gasteiger partial charge in [0.2, 0.25) is 0 Å². The van der Waals surface area contributed by atoms with Gasteiger partial charge in [0.25, 0.3) is 0 Å². The van der Waals surface area contributed by atoms with Crippen LogP contribution in [0.5, 0.6) is 0 Å². The molecule has 11 aromatic rings. The molecule has 302 valence electrons. The van der Waals surface area contributed by atoms with E-state index in [0.29, 0.717) is 5.92 Å². The van der Waals surface area contributed by atoms with E-state index in [9.17, 15) is 0 Å². The van der Waals surface area contributed by atoms with Crippen LogP contribution >= 0.6 is 0 Å². The van der Waals surface area contributed by atoms with E-state index >= 15 is 0 Å². The number of para-hydroxylation sites is 2. The molecular weight excluding hydrogens is 773 g/mol. The summed E-state index contributed by atoms with van der Waals surface area (Å²) in [5.41, 5.74) is 15.5. The van der Waals surface area contributed by atoms with E-state index in [2.05, 4.69) is 258 Å². The summed E-state index contributed by atoms with van der Waals surface area (Å²) >= 11 is 0. The highest BCUT2D eigenvalue weighted by Crippen LogP contribution is 2.45. The molecule has 1 heterocycles. The van der Waals surface area contributed by atoms with Gasteiger partial charge in [-0.15, -0.1) is 0 Å². The standard InChI is InChI=1S/C62H44N2/c1-3-16-46(17-4-1)56-27-11-12-30-59(56)63(52-38-36-44(37-39-52)43-32-34-47(35-33-43)55-28-14-21-45-18-9-10-26-54(45)55)53-25-13-22-50(40-53)57-29-15-31-60-62(57)58-41-48-19-7-8-20-49(48)42-61(58)64(60)51-23-5-2-6-24-51/h1-34,36-42,47H,35H2. The van der Waals surface area contributed by atoms with Gasteiger partial charge in [0.05, 0.1) is 16.7 Å². The van der Waals surface area contributed by atoms with Gasteiger partial charge in [0.1, 0.15) is 0 Å². The second kappa shape index (κ2) is 15.9. The normalized spacial score (nSPS) is 13.8. The molecule has 1 unspecified atom stereocenters. The molecule has 12 rings (SSSR count). The molecular formula is C62H44N2. The predicted octanol–water partition coefficient (Wildman–Crippen LogP) is 17.0. The Kier molecular flexibility index (Phi) is 9.34. The first-order chi connectivity index (χ1) is 31.7. The maximum absolute atomic E-state index is 2.43. The maximum atomic E-state index is 2.43. The maximum Gasteiger partial charge on any atom is 0.0547 e. The minimum Gasteiger partial charge on any atom is -0.310 e. The Balaban J connectivity index is 0.975. The van der Waals surface area contributed by atoms with E-state index in [1.54, 1.807) is 0 Å². The lowest BCUT2D eigenvalue weighted by Gasteiger charge is -2.28. The van der Waals surface area contributed by atoms with Crippen LogP contribution in [0.3, 0.4) is 0 Å². The number of aromatic nitrogens is 1. The first-order valence-electron chi connectivity index (χ1n) is 22.3. The Bertz CT molecular complexity index is 3570. The van der Waals surface area contributed by atoms with Crippen LogP contribution in [0.2, 0.25) is 0 Å². The average Bonchev–Trinajstić information content (AvgIpc) is 3.70. The molecule has 0 aliphatic heterocycles. The van der Waals surface area contributed by atoms with Crippen molar-refractivity contribution in [1.29, 1.82) is 0 Å². The van der Waals surface area contributed by atoms with Crippen LogP contribution < -0.4 is 4.90 Å². The van der Waals surface area contributed by atoms with Crippen LogP contribution in [-0.4, -0.2) is 4.57 Å². The molecule has 0 N–H and O–H groups in total. The molecule has 1 aliphatic rings. The minimum absolute atomic E-state index is 0.353. The lowest BCUT2D eigenvalue weighted by atomic mass is 9.86. The van der Waals surface area contributed by atoms with Gasteiger partial charge in [-0.2, -0.15) is 0 Å². The first-order valence-corrected chi connectivity index (χ1v) is 22.3. The molecule has 0 spiro atoms. The first kappa shape index (κ1) is 37.6. The molecule has 0 saturated carbocycles. The van der Waals surface area contributed by atoms with Crippen molar-refractivity contribution >= 4 is 66.0 Å². The van der Waals surface area contributed by atoms with Gasteiger partial charge >= 0.3 is 0 Å². The van der Waals surface area contributed by atoms with E-state index < -0.39 is 0 Å². The molecule has 1 atom stereocenters. The van der Waals surface area contributed by atoms with Gasteiger partial charge in [-0.05, 0) is 122 Å². The molecule has 0 saturated heterocycles. The molecule has 0 bridgehead atoms. The van der Waals surface area contributed by atoms with Crippen LogP contribution in [0.4, 0.5) is 17.1 Å². The number of anilines is 3. The smallest absolute Gasteiger partial charge is 0.0547 e. The van der Waals surface area contributed by atoms with Gasteiger partial charge in [0, 0.05) is 39.3 Å². The monoisotopic (exact) mass is 816 g/mol. The average molecular weight is 817 g/mol. The summed E-state index contributed by atoms with van der Waals surface area (Å²) in [6.45, 7) is 0. The Hall–Kier alpha value is -8.20. The molecule has 0 amide bonds. The van der Waals surface area contributed by atoms with Crippen molar-refractivity contribution in [2.75, 3.05) is 4.90 Å². The second-order valence-corrected chi connectivity index (χ2v) is 16.8. The van der Waals surface area contributed by atoms with E-state index in [-0.39, 0.29) is 0 Å². The highest BCUT2D eigenvalue weighted by atomic mass is 15.1. The minimum atomic E-state index is 0.353. The Labute approximate surface area is 373 Å². The van der Waals surface area contributed by atoms with Crippen LogP contribution in [0.15, 0.2) is 249 Å². The van der Waals surface area contributed by atoms with Crippen LogP contribution in [-0.2, 0) is 0 Å². The van der Waals surface area contributed by atoms with Crippen molar-refractivity contribution in [3.05, 3.63) is 260 Å². The largest absolute Gasteiger partial charge is 0.310 e. The topological polar surface area (TPSA) is 8.17 Å². The zero-order valence-corrected chi connectivity index (χ0v) is 35.4. The number of fused-ring (bicyclic) bond motifs is 5. The number of hydrogen-bond acceptors (Lipinski definition) is 1. The predicted molar refractivity (Wildman–Crippen MR) is 272 cm³/mol. The summed E-state index contributed by atoms with van der Waals surface area (Å²) in [5, 5.41) is 7.60. The fourth-order valence-corrected chi connectivity index (χ4v) is 10.1. The molecule has 64 heavy (non-hydrogen) atoms. The van der Waals surface area contributed by atoms with Gasteiger partial charge in [0.15, 0.2) is 0 Å². The summed E-state index contributed by atoms with van der Waals surface area (Å²) in [6.07, 6.45) is 8.08. The van der Waals surface area contributed by atoms with Crippen molar-refractivity contribution < 1.29 is 0 Å². The third-order valence-corrected chi connectivity index (χ3v) is 13.1. The number of benzene rings is 10. The molecule has 2 heteroatoms. The molecule has 10 aromatic carbocycles. The van der Waals surface area contributed by atoms with Crippen LogP contribution in [0, 0.1) is 0 Å². The molecule has 1 aromatic heterocycles. The van der Waals surface area contributed by atoms with E-state index in [0.717, 1.165) is 29.2 Å². The van der Waals surface area contributed by atoms with Crippen molar-refractivity contribution in [1.82, 2.24) is 4.57 Å². The van der Waals surface area contributed by atoms with Gasteiger partial charge in [-0.25, -0.2) is 0 Å². The zero-order chi connectivity index (χ0) is 42.4. The van der Waals surface area contributed by atoms with Crippen LogP contribution in [0.25, 0.3) is 76.9 Å². The third kappa shape index (κ3) is 6.60. The number of nitrogens with zero attached hydrogens (tertiary/aromatic N) is 2. The fraction of sp³-hybridized carbons (Fsp3) is 0.0323. The number of allylic oxidation sites excluding steroid dienone is 4. The van der Waals surface area contributed by atoms with Gasteiger partial charge in [-0.1, -0.05) is 188 Å². The summed E-state index contributed by atoms with van der Waals surface area (Å²) in [4.78, 5) is 2.43. The summed E-state index contributed by atoms with van der Waals surface area (Å²) < 4.78 is 2.43. The Morgan fingerprint density at radius 3 is 1.89 bits per heavy atom. The third-order valence-electron chi connectivity index (χ3n) is 13.1. The van der Waals surface area contributed by atoms with Crippen molar-refractivity contribution in [2.45, 2.75) is 12.3 Å². The summed E-state index contributed by atoms with van der Waals surface area (Å²) in [7, 11) is 0. The lowest BCUT2D eigenvalue weighted by molar-refractivity contribution is 0.865. The van der Waals surface area contributed by atoms with E-state index in [4.69, 9.17) is 0 Å². The quantitative estimate of drug-likeness (QED) is 0.148. The summed E-state index contributed by atoms with van der Waals surface area (Å²) in [5.74, 6) is 0.353. The highest BCUT2D eigenvalue weighted by Gasteiger charge is 2.21. The van der Waals surface area contributed by atoms with Crippen molar-refractivity contribution in [3.63, 3.8) is 0 Å². The van der Waals surface area contributed by atoms with Crippen LogP contribution in [0.1, 0.15) is 23.5 Å². The van der Waals surface area contributed by atoms with E-state index in [1.165, 1.54) is 82.3 Å². The Morgan fingerprint density at radius 2 is 1.08 bits per heavy atom. The zero-order valence-electron chi connectivity index (χ0n) is 35.4. The molecule has 2 nitrogen and oxygen atoms in total. The van der Waals surface area contributed by atoms with Crippen molar-refractivity contribution in [2.24, 2.45) is 0 Å². The van der Waals surface area contributed by atoms with Crippen molar-refractivity contribution in [3.8, 4) is 27.9 Å². The number of rotatable bonds is 8. The van der Waals surface area contributed by atoms with Gasteiger partial charge < -0.3 is 9.47 Å². The lowest BCUT2D eigenvalue weighted by Crippen LogP contribution is -2.11. The van der Waals surface area contributed by atoms with Gasteiger partial charge in [-0.3, -0.25) is 0 Å². The SMILES string of the molecule is C1=CC(c2cccc3ccccc23)CC=C1c1ccc(N(c2cccc(-c3cccc4c3c3cc5ccccc5cc3n4-c3ccccc3)c2)c2ccccc2-c2ccccc2)cc1. The molecule has 0 radical (unpaired) electrons. The molecule has 0 fully saturated rings. The Morgan fingerprint density at radius 1 is 0.422 bits per heavy atom. The fourth-order valence-electron chi connectivity index (χ4n) is 10.1. The van der Waals surface area contributed by atoms with E-state index in [1.807, 2.05) is 0 Å². The molecule has 1 aliphatic carbocycles.